The molecular weight excluding hydrogens is 358 g/mol. The molecular formula is C22H29NO5. The van der Waals surface area contributed by atoms with Crippen LogP contribution in [-0.4, -0.2) is 47.9 Å². The van der Waals surface area contributed by atoms with Crippen LogP contribution in [0.4, 0.5) is 0 Å². The Bertz CT molecular complexity index is 762. The molecule has 28 heavy (non-hydrogen) atoms. The van der Waals surface area contributed by atoms with E-state index in [4.69, 9.17) is 14.2 Å². The second-order valence-corrected chi connectivity index (χ2v) is 8.04. The second-order valence-electron chi connectivity index (χ2n) is 8.04. The first-order chi connectivity index (χ1) is 13.2. The number of rotatable bonds is 6. The largest absolute Gasteiger partial charge is 0.477 e. The Labute approximate surface area is 166 Å². The van der Waals surface area contributed by atoms with E-state index in [-0.39, 0.29) is 24.8 Å². The van der Waals surface area contributed by atoms with Crippen molar-refractivity contribution >= 4 is 17.3 Å². The van der Waals surface area contributed by atoms with Crippen LogP contribution in [0.1, 0.15) is 52.5 Å². The molecule has 152 valence electrons. The van der Waals surface area contributed by atoms with Crippen molar-refractivity contribution in [3.63, 3.8) is 0 Å². The fourth-order valence-corrected chi connectivity index (χ4v) is 3.54. The van der Waals surface area contributed by atoms with E-state index in [0.29, 0.717) is 31.0 Å². The number of Topliss-reactive ketones (excluding diaryl/α,β-unsaturated/α-hetero) is 1. The van der Waals surface area contributed by atoms with Crippen molar-refractivity contribution in [1.82, 2.24) is 4.90 Å². The molecule has 2 aliphatic rings. The van der Waals surface area contributed by atoms with E-state index in [1.807, 2.05) is 51.1 Å². The van der Waals surface area contributed by atoms with Crippen LogP contribution in [0.2, 0.25) is 0 Å². The Hall–Kier alpha value is -2.18. The van der Waals surface area contributed by atoms with E-state index in [1.165, 1.54) is 0 Å². The van der Waals surface area contributed by atoms with Gasteiger partial charge in [-0.1, -0.05) is 30.3 Å². The maximum atomic E-state index is 13.2. The molecule has 1 aromatic carbocycles. The van der Waals surface area contributed by atoms with Gasteiger partial charge in [0.2, 0.25) is 5.79 Å². The van der Waals surface area contributed by atoms with Crippen LogP contribution in [0, 0.1) is 0 Å². The number of hydrogen-bond donors (Lipinski definition) is 0. The number of carbonyl (C=O) groups is 2. The van der Waals surface area contributed by atoms with Crippen molar-refractivity contribution in [1.29, 1.82) is 0 Å². The quantitative estimate of drug-likeness (QED) is 0.747. The highest BCUT2D eigenvalue weighted by Crippen LogP contribution is 2.33. The van der Waals surface area contributed by atoms with Gasteiger partial charge in [-0.05, 0) is 46.1 Å². The normalized spacial score (nSPS) is 20.1. The molecule has 1 aromatic rings. The third-order valence-corrected chi connectivity index (χ3v) is 5.53. The Balaban J connectivity index is 1.71. The summed E-state index contributed by atoms with van der Waals surface area (Å²) in [5.41, 5.74) is 0.841. The zero-order chi connectivity index (χ0) is 20.4. The van der Waals surface area contributed by atoms with Gasteiger partial charge < -0.3 is 19.1 Å². The lowest BCUT2D eigenvalue weighted by atomic mass is 9.91. The van der Waals surface area contributed by atoms with Gasteiger partial charge in [0.05, 0.1) is 18.8 Å². The maximum Gasteiger partial charge on any atom is 0.260 e. The van der Waals surface area contributed by atoms with E-state index in [0.717, 1.165) is 12.0 Å². The van der Waals surface area contributed by atoms with Crippen molar-refractivity contribution < 1.29 is 23.8 Å². The molecule has 6 heteroatoms. The van der Waals surface area contributed by atoms with Crippen LogP contribution in [0.3, 0.4) is 0 Å². The molecule has 0 aromatic heterocycles. The second kappa shape index (κ2) is 8.05. The fourth-order valence-electron chi connectivity index (χ4n) is 3.54. The number of amides is 1. The van der Waals surface area contributed by atoms with Crippen LogP contribution in [-0.2, 0) is 23.8 Å². The number of allylic oxidation sites excluding steroid dienone is 1. The summed E-state index contributed by atoms with van der Waals surface area (Å²) in [7, 11) is 0. The number of hydrogen-bond acceptors (Lipinski definition) is 5. The lowest BCUT2D eigenvalue weighted by Gasteiger charge is -2.42. The number of ketones is 1. The predicted octanol–water partition coefficient (Wildman–Crippen LogP) is 3.51. The summed E-state index contributed by atoms with van der Waals surface area (Å²) in [6.45, 7) is 8.62. The van der Waals surface area contributed by atoms with Crippen molar-refractivity contribution in [2.24, 2.45) is 0 Å². The van der Waals surface area contributed by atoms with Crippen molar-refractivity contribution in [3.05, 3.63) is 41.7 Å². The van der Waals surface area contributed by atoms with Gasteiger partial charge >= 0.3 is 0 Å². The minimum atomic E-state index is -1.18. The highest BCUT2D eigenvalue weighted by Gasteiger charge is 2.41. The van der Waals surface area contributed by atoms with Crippen LogP contribution >= 0.6 is 0 Å². The third kappa shape index (κ3) is 4.13. The van der Waals surface area contributed by atoms with Gasteiger partial charge in [-0.25, -0.2) is 0 Å². The summed E-state index contributed by atoms with van der Waals surface area (Å²) in [5, 5.41) is 0. The standard InChI is InChI=1S/C22H29NO5/c1-16-19(17-9-6-5-7-10-17)20(25)23(15-26-16)21(2,3)12-11-18(24)22(4)27-13-8-14-28-22/h5-7,9-10H,8,11-15H2,1-4H3. The molecule has 3 rings (SSSR count). The highest BCUT2D eigenvalue weighted by atomic mass is 16.7. The molecule has 1 amide bonds. The number of nitrogens with zero attached hydrogens (tertiary/aromatic N) is 1. The van der Waals surface area contributed by atoms with Crippen LogP contribution in [0.5, 0.6) is 0 Å². The van der Waals surface area contributed by atoms with E-state index >= 15 is 0 Å². The monoisotopic (exact) mass is 387 g/mol. The molecule has 0 bridgehead atoms. The molecule has 0 N–H and O–H groups in total. The molecule has 0 unspecified atom stereocenters. The summed E-state index contributed by atoms with van der Waals surface area (Å²) in [6.07, 6.45) is 1.54. The highest BCUT2D eigenvalue weighted by molar-refractivity contribution is 6.20. The molecule has 6 nitrogen and oxygen atoms in total. The average molecular weight is 387 g/mol. The molecule has 2 heterocycles. The summed E-state index contributed by atoms with van der Waals surface area (Å²) in [5.74, 6) is -0.733. The molecule has 1 fully saturated rings. The van der Waals surface area contributed by atoms with E-state index in [9.17, 15) is 9.59 Å². The summed E-state index contributed by atoms with van der Waals surface area (Å²) in [4.78, 5) is 27.6. The van der Waals surface area contributed by atoms with E-state index in [2.05, 4.69) is 0 Å². The maximum absolute atomic E-state index is 13.2. The van der Waals surface area contributed by atoms with Crippen molar-refractivity contribution in [3.8, 4) is 0 Å². The van der Waals surface area contributed by atoms with E-state index < -0.39 is 11.3 Å². The Kier molecular flexibility index (Phi) is 5.91. The van der Waals surface area contributed by atoms with Gasteiger partial charge in [0.25, 0.3) is 5.91 Å². The molecule has 0 radical (unpaired) electrons. The molecule has 0 atom stereocenters. The van der Waals surface area contributed by atoms with Gasteiger partial charge in [-0.15, -0.1) is 0 Å². The average Bonchev–Trinajstić information content (AvgIpc) is 2.67. The minimum absolute atomic E-state index is 0.0798. The fraction of sp³-hybridized carbons (Fsp3) is 0.545. The van der Waals surface area contributed by atoms with Gasteiger partial charge in [0.15, 0.2) is 12.5 Å². The number of carbonyl (C=O) groups excluding carboxylic acids is 2. The van der Waals surface area contributed by atoms with Gasteiger partial charge in [-0.2, -0.15) is 0 Å². The Morgan fingerprint density at radius 3 is 2.46 bits per heavy atom. The SMILES string of the molecule is CC1=C(c2ccccc2)C(=O)N(C(C)(C)CCC(=O)C2(C)OCCCO2)CO1. The van der Waals surface area contributed by atoms with Crippen molar-refractivity contribution in [2.45, 2.75) is 58.3 Å². The first-order valence-corrected chi connectivity index (χ1v) is 9.77. The summed E-state index contributed by atoms with van der Waals surface area (Å²) in [6, 6.07) is 9.52. The zero-order valence-electron chi connectivity index (χ0n) is 17.1. The zero-order valence-corrected chi connectivity index (χ0v) is 17.1. The van der Waals surface area contributed by atoms with Crippen LogP contribution < -0.4 is 0 Å². The smallest absolute Gasteiger partial charge is 0.260 e. The first-order valence-electron chi connectivity index (χ1n) is 9.77. The molecule has 2 aliphatic heterocycles. The summed E-state index contributed by atoms with van der Waals surface area (Å²) < 4.78 is 16.9. The predicted molar refractivity (Wildman–Crippen MR) is 105 cm³/mol. The van der Waals surface area contributed by atoms with Crippen molar-refractivity contribution in [2.75, 3.05) is 19.9 Å². The molecule has 0 spiro atoms. The number of benzene rings is 1. The molecule has 1 saturated heterocycles. The van der Waals surface area contributed by atoms with Gasteiger partial charge in [-0.3, -0.25) is 9.59 Å². The lowest BCUT2D eigenvalue weighted by Crippen LogP contribution is -2.52. The Morgan fingerprint density at radius 1 is 1.18 bits per heavy atom. The van der Waals surface area contributed by atoms with Gasteiger partial charge in [0.1, 0.15) is 5.76 Å². The van der Waals surface area contributed by atoms with Crippen LogP contribution in [0.15, 0.2) is 36.1 Å². The summed E-state index contributed by atoms with van der Waals surface area (Å²) >= 11 is 0. The topological polar surface area (TPSA) is 65.1 Å². The minimum Gasteiger partial charge on any atom is -0.477 e. The van der Waals surface area contributed by atoms with E-state index in [1.54, 1.807) is 11.8 Å². The van der Waals surface area contributed by atoms with Gasteiger partial charge in [0, 0.05) is 12.0 Å². The lowest BCUT2D eigenvalue weighted by molar-refractivity contribution is -0.244. The third-order valence-electron chi connectivity index (χ3n) is 5.53. The number of ether oxygens (including phenoxy) is 3. The molecule has 0 saturated carbocycles. The van der Waals surface area contributed by atoms with Crippen LogP contribution in [0.25, 0.3) is 5.57 Å². The first kappa shape index (κ1) is 20.6. The molecule has 0 aliphatic carbocycles. The Morgan fingerprint density at radius 2 is 1.82 bits per heavy atom.